The first-order chi connectivity index (χ1) is 11.3. The second-order valence-corrected chi connectivity index (χ2v) is 6.55. The third-order valence-corrected chi connectivity index (χ3v) is 4.76. The van der Waals surface area contributed by atoms with Crippen LogP contribution in [0, 0.1) is 12.8 Å². The van der Waals surface area contributed by atoms with Gasteiger partial charge < -0.3 is 10.2 Å². The van der Waals surface area contributed by atoms with Gasteiger partial charge in [0.25, 0.3) is 0 Å². The number of nitrogens with one attached hydrogen (secondary N) is 1. The van der Waals surface area contributed by atoms with Crippen molar-refractivity contribution in [1.29, 1.82) is 0 Å². The molecule has 1 aliphatic carbocycles. The van der Waals surface area contributed by atoms with E-state index in [-0.39, 0.29) is 23.7 Å². The lowest BCUT2D eigenvalue weighted by Crippen LogP contribution is -2.47. The lowest BCUT2D eigenvalue weighted by molar-refractivity contribution is -0.141. The summed E-state index contributed by atoms with van der Waals surface area (Å²) in [5, 5.41) is 3.06. The molecular weight excluding hydrogens is 321 g/mol. The number of amides is 1. The maximum atomic E-state index is 12.9. The van der Waals surface area contributed by atoms with Crippen LogP contribution in [0.25, 0.3) is 0 Å². The zero-order valence-electron chi connectivity index (χ0n) is 13.6. The van der Waals surface area contributed by atoms with E-state index in [0.29, 0.717) is 31.7 Å². The number of alkyl halides is 3. The summed E-state index contributed by atoms with van der Waals surface area (Å²) in [4.78, 5) is 21.4. The molecule has 1 saturated heterocycles. The van der Waals surface area contributed by atoms with Gasteiger partial charge in [0.05, 0.1) is 0 Å². The van der Waals surface area contributed by atoms with E-state index in [9.17, 15) is 18.0 Å². The third kappa shape index (κ3) is 3.79. The molecule has 2 aliphatic rings. The van der Waals surface area contributed by atoms with Crippen molar-refractivity contribution in [2.45, 2.75) is 51.2 Å². The Hall–Kier alpha value is -1.86. The van der Waals surface area contributed by atoms with E-state index in [4.69, 9.17) is 0 Å². The van der Waals surface area contributed by atoms with Gasteiger partial charge in [0.15, 0.2) is 0 Å². The second kappa shape index (κ2) is 6.57. The average Bonchev–Trinajstić information content (AvgIpc) is 2.44. The number of anilines is 1. The lowest BCUT2D eigenvalue weighted by Gasteiger charge is -2.35. The number of nitrogens with zero attached hydrogens (tertiary/aromatic N) is 3. The number of aromatic nitrogens is 2. The van der Waals surface area contributed by atoms with Crippen molar-refractivity contribution in [3.05, 3.63) is 17.6 Å². The Morgan fingerprint density at radius 1 is 1.21 bits per heavy atom. The standard InChI is InChI=1S/C16H21F3N4O/c1-10-20-13(16(17,18)19)9-14(21-10)23-7-5-12(6-8-23)22-15(24)11-3-2-4-11/h9,11-12H,2-8H2,1H3,(H,22,24). The summed E-state index contributed by atoms with van der Waals surface area (Å²) in [6.45, 7) is 2.61. The van der Waals surface area contributed by atoms with E-state index >= 15 is 0 Å². The maximum absolute atomic E-state index is 12.9. The Bertz CT molecular complexity index is 608. The van der Waals surface area contributed by atoms with Gasteiger partial charge in [-0.15, -0.1) is 0 Å². The molecule has 2 heterocycles. The minimum absolute atomic E-state index is 0.0966. The normalized spacial score (nSPS) is 19.9. The molecule has 0 aromatic carbocycles. The number of piperidine rings is 1. The van der Waals surface area contributed by atoms with Crippen LogP contribution in [0.3, 0.4) is 0 Å². The van der Waals surface area contributed by atoms with E-state index in [0.717, 1.165) is 25.3 Å². The van der Waals surface area contributed by atoms with E-state index in [1.807, 2.05) is 4.90 Å². The van der Waals surface area contributed by atoms with E-state index in [2.05, 4.69) is 15.3 Å². The van der Waals surface area contributed by atoms with Gasteiger partial charge in [-0.2, -0.15) is 13.2 Å². The predicted octanol–water partition coefficient (Wildman–Crippen LogP) is 2.69. The fourth-order valence-electron chi connectivity index (χ4n) is 3.10. The highest BCUT2D eigenvalue weighted by atomic mass is 19.4. The van der Waals surface area contributed by atoms with Crippen LogP contribution in [-0.2, 0) is 11.0 Å². The summed E-state index contributed by atoms with van der Waals surface area (Å²) in [5.41, 5.74) is -0.912. The Kier molecular flexibility index (Phi) is 4.64. The molecule has 1 aromatic heterocycles. The molecule has 3 rings (SSSR count). The van der Waals surface area contributed by atoms with Crippen LogP contribution in [0.2, 0.25) is 0 Å². The molecule has 0 unspecified atom stereocenters. The lowest BCUT2D eigenvalue weighted by atomic mass is 9.84. The molecule has 132 valence electrons. The van der Waals surface area contributed by atoms with Crippen molar-refractivity contribution >= 4 is 11.7 Å². The summed E-state index contributed by atoms with van der Waals surface area (Å²) < 4.78 is 38.6. The van der Waals surface area contributed by atoms with Crippen LogP contribution in [0.5, 0.6) is 0 Å². The minimum Gasteiger partial charge on any atom is -0.356 e. The van der Waals surface area contributed by atoms with Crippen molar-refractivity contribution in [2.75, 3.05) is 18.0 Å². The van der Waals surface area contributed by atoms with Gasteiger partial charge in [-0.25, -0.2) is 9.97 Å². The van der Waals surface area contributed by atoms with Gasteiger partial charge in [-0.3, -0.25) is 4.79 Å². The molecule has 1 aliphatic heterocycles. The highest BCUT2D eigenvalue weighted by molar-refractivity contribution is 5.79. The van der Waals surface area contributed by atoms with Crippen LogP contribution < -0.4 is 10.2 Å². The number of hydrogen-bond acceptors (Lipinski definition) is 4. The fourth-order valence-corrected chi connectivity index (χ4v) is 3.10. The average molecular weight is 342 g/mol. The summed E-state index contributed by atoms with van der Waals surface area (Å²) in [6.07, 6.45) is -0.00933. The zero-order chi connectivity index (χ0) is 17.3. The summed E-state index contributed by atoms with van der Waals surface area (Å²) in [5.74, 6) is 0.692. The number of hydrogen-bond donors (Lipinski definition) is 1. The molecule has 0 radical (unpaired) electrons. The first kappa shape index (κ1) is 17.0. The molecule has 8 heteroatoms. The van der Waals surface area contributed by atoms with Gasteiger partial charge >= 0.3 is 6.18 Å². The fraction of sp³-hybridized carbons (Fsp3) is 0.688. The highest BCUT2D eigenvalue weighted by Gasteiger charge is 2.34. The third-order valence-electron chi connectivity index (χ3n) is 4.76. The summed E-state index contributed by atoms with van der Waals surface area (Å²) >= 11 is 0. The van der Waals surface area contributed by atoms with E-state index < -0.39 is 11.9 Å². The number of aryl methyl sites for hydroxylation is 1. The quantitative estimate of drug-likeness (QED) is 0.918. The first-order valence-electron chi connectivity index (χ1n) is 8.31. The Morgan fingerprint density at radius 2 is 1.88 bits per heavy atom. The summed E-state index contributed by atoms with van der Waals surface area (Å²) in [6, 6.07) is 1.10. The van der Waals surface area contributed by atoms with Gasteiger partial charge in [0.1, 0.15) is 17.3 Å². The van der Waals surface area contributed by atoms with Crippen LogP contribution >= 0.6 is 0 Å². The molecular formula is C16H21F3N4O. The monoisotopic (exact) mass is 342 g/mol. The predicted molar refractivity (Wildman–Crippen MR) is 82.5 cm³/mol. The number of carbonyl (C=O) groups is 1. The molecule has 2 fully saturated rings. The molecule has 1 amide bonds. The van der Waals surface area contributed by atoms with Crippen molar-refractivity contribution in [2.24, 2.45) is 5.92 Å². The van der Waals surface area contributed by atoms with Crippen molar-refractivity contribution in [3.8, 4) is 0 Å². The van der Waals surface area contributed by atoms with Crippen LogP contribution in [0.15, 0.2) is 6.07 Å². The van der Waals surface area contributed by atoms with Crippen molar-refractivity contribution in [1.82, 2.24) is 15.3 Å². The largest absolute Gasteiger partial charge is 0.433 e. The van der Waals surface area contributed by atoms with Gasteiger partial charge in [0.2, 0.25) is 5.91 Å². The molecule has 0 spiro atoms. The summed E-state index contributed by atoms with van der Waals surface area (Å²) in [7, 11) is 0. The maximum Gasteiger partial charge on any atom is 0.433 e. The van der Waals surface area contributed by atoms with Crippen LogP contribution in [-0.4, -0.2) is 35.0 Å². The SMILES string of the molecule is Cc1nc(N2CCC(NC(=O)C3CCC3)CC2)cc(C(F)(F)F)n1. The Balaban J connectivity index is 1.60. The topological polar surface area (TPSA) is 58.1 Å². The van der Waals surface area contributed by atoms with E-state index in [1.54, 1.807) is 0 Å². The second-order valence-electron chi connectivity index (χ2n) is 6.55. The molecule has 1 N–H and O–H groups in total. The van der Waals surface area contributed by atoms with Gasteiger partial charge in [-0.05, 0) is 32.6 Å². The van der Waals surface area contributed by atoms with Gasteiger partial charge in [-0.1, -0.05) is 6.42 Å². The van der Waals surface area contributed by atoms with Crippen LogP contribution in [0.4, 0.5) is 19.0 Å². The van der Waals surface area contributed by atoms with Gasteiger partial charge in [0, 0.05) is 31.1 Å². The molecule has 1 aromatic rings. The van der Waals surface area contributed by atoms with Crippen LogP contribution in [0.1, 0.15) is 43.6 Å². The molecule has 0 atom stereocenters. The molecule has 5 nitrogen and oxygen atoms in total. The number of halogens is 3. The zero-order valence-corrected chi connectivity index (χ0v) is 13.6. The molecule has 0 bridgehead atoms. The highest BCUT2D eigenvalue weighted by Crippen LogP contribution is 2.30. The first-order valence-corrected chi connectivity index (χ1v) is 8.31. The number of carbonyl (C=O) groups excluding carboxylic acids is 1. The number of rotatable bonds is 3. The van der Waals surface area contributed by atoms with Crippen molar-refractivity contribution < 1.29 is 18.0 Å². The van der Waals surface area contributed by atoms with E-state index in [1.165, 1.54) is 6.92 Å². The smallest absolute Gasteiger partial charge is 0.356 e. The Labute approximate surface area is 138 Å². The molecule has 24 heavy (non-hydrogen) atoms. The van der Waals surface area contributed by atoms with Crippen molar-refractivity contribution in [3.63, 3.8) is 0 Å². The molecule has 1 saturated carbocycles. The minimum atomic E-state index is -4.47. The Morgan fingerprint density at radius 3 is 2.42 bits per heavy atom.